The van der Waals surface area contributed by atoms with E-state index in [1.165, 1.54) is 35.6 Å². The van der Waals surface area contributed by atoms with Crippen molar-refractivity contribution in [3.8, 4) is 0 Å². The van der Waals surface area contributed by atoms with Crippen LogP contribution in [0, 0.1) is 0 Å². The number of sulfonamides is 1. The summed E-state index contributed by atoms with van der Waals surface area (Å²) in [7, 11) is -3.77. The highest BCUT2D eigenvalue weighted by Crippen LogP contribution is 2.24. The number of hydrogen-bond acceptors (Lipinski definition) is 5. The van der Waals surface area contributed by atoms with Gasteiger partial charge in [0.1, 0.15) is 0 Å². The second kappa shape index (κ2) is 8.60. The lowest BCUT2D eigenvalue weighted by Gasteiger charge is -2.26. The average molecular weight is 442 g/mol. The Hall–Kier alpha value is -1.94. The molecule has 0 radical (unpaired) electrons. The van der Waals surface area contributed by atoms with Gasteiger partial charge in [-0.15, -0.1) is 11.3 Å². The predicted molar refractivity (Wildman–Crippen MR) is 108 cm³/mol. The van der Waals surface area contributed by atoms with Gasteiger partial charge in [-0.1, -0.05) is 11.6 Å². The van der Waals surface area contributed by atoms with Crippen molar-refractivity contribution in [3.05, 3.63) is 51.2 Å². The van der Waals surface area contributed by atoms with Gasteiger partial charge < -0.3 is 10.2 Å². The van der Waals surface area contributed by atoms with E-state index in [1.807, 2.05) is 13.0 Å². The highest BCUT2D eigenvalue weighted by molar-refractivity contribution is 7.89. The fourth-order valence-corrected chi connectivity index (χ4v) is 5.37. The van der Waals surface area contributed by atoms with E-state index in [-0.39, 0.29) is 36.3 Å². The molecule has 28 heavy (non-hydrogen) atoms. The Morgan fingerprint density at radius 2 is 1.96 bits per heavy atom. The molecule has 150 valence electrons. The van der Waals surface area contributed by atoms with E-state index in [9.17, 15) is 18.0 Å². The largest absolute Gasteiger partial charge is 0.354 e. The van der Waals surface area contributed by atoms with Crippen molar-refractivity contribution in [1.82, 2.24) is 14.5 Å². The maximum Gasteiger partial charge on any atom is 0.254 e. The second-order valence-electron chi connectivity index (χ2n) is 6.24. The standard InChI is InChI=1S/C18H20ClN3O4S2/c1-2-21(11-14-5-8-16(19)27-14)18(24)13-3-6-15(7-4-13)28(25,26)22-10-9-20-17(23)12-22/h3-8H,2,9-12H2,1H3,(H,20,23). The van der Waals surface area contributed by atoms with Crippen LogP contribution in [-0.4, -0.2) is 55.6 Å². The van der Waals surface area contributed by atoms with Crippen LogP contribution in [0.25, 0.3) is 0 Å². The maximum absolute atomic E-state index is 12.8. The molecule has 1 aliphatic heterocycles. The molecule has 0 atom stereocenters. The third kappa shape index (κ3) is 4.54. The van der Waals surface area contributed by atoms with Crippen molar-refractivity contribution < 1.29 is 18.0 Å². The van der Waals surface area contributed by atoms with E-state index in [0.717, 1.165) is 9.18 Å². The summed E-state index contributed by atoms with van der Waals surface area (Å²) in [5.41, 5.74) is 0.403. The molecule has 1 aliphatic rings. The lowest BCUT2D eigenvalue weighted by Crippen LogP contribution is -2.49. The fraction of sp³-hybridized carbons (Fsp3) is 0.333. The molecular formula is C18H20ClN3O4S2. The van der Waals surface area contributed by atoms with Gasteiger partial charge >= 0.3 is 0 Å². The SMILES string of the molecule is CCN(Cc1ccc(Cl)s1)C(=O)c1ccc(S(=O)(=O)N2CCNC(=O)C2)cc1. The van der Waals surface area contributed by atoms with E-state index < -0.39 is 10.0 Å². The second-order valence-corrected chi connectivity index (χ2v) is 9.98. The summed E-state index contributed by atoms with van der Waals surface area (Å²) in [5.74, 6) is -0.512. The van der Waals surface area contributed by atoms with E-state index >= 15 is 0 Å². The fourth-order valence-electron chi connectivity index (χ4n) is 2.87. The first-order valence-corrected chi connectivity index (χ1v) is 11.3. The van der Waals surface area contributed by atoms with E-state index in [2.05, 4.69) is 5.32 Å². The molecule has 7 nitrogen and oxygen atoms in total. The van der Waals surface area contributed by atoms with Crippen LogP contribution in [-0.2, 0) is 21.4 Å². The lowest BCUT2D eigenvalue weighted by atomic mass is 10.2. The first-order valence-electron chi connectivity index (χ1n) is 8.71. The quantitative estimate of drug-likeness (QED) is 0.744. The Morgan fingerprint density at radius 3 is 2.54 bits per heavy atom. The molecule has 0 aliphatic carbocycles. The third-order valence-electron chi connectivity index (χ3n) is 4.39. The number of thiophene rings is 1. The van der Waals surface area contributed by atoms with Gasteiger partial charge in [0.2, 0.25) is 15.9 Å². The highest BCUT2D eigenvalue weighted by Gasteiger charge is 2.29. The summed E-state index contributed by atoms with van der Waals surface area (Å²) >= 11 is 7.37. The number of halogens is 1. The Labute approximate surface area is 172 Å². The molecule has 0 spiro atoms. The van der Waals surface area contributed by atoms with E-state index in [1.54, 1.807) is 11.0 Å². The Kier molecular flexibility index (Phi) is 6.39. The number of hydrogen-bond donors (Lipinski definition) is 1. The number of rotatable bonds is 6. The smallest absolute Gasteiger partial charge is 0.254 e. The van der Waals surface area contributed by atoms with Crippen LogP contribution in [0.4, 0.5) is 0 Å². The Balaban J connectivity index is 1.75. The van der Waals surface area contributed by atoms with Crippen molar-refractivity contribution >= 4 is 44.8 Å². The van der Waals surface area contributed by atoms with Crippen LogP contribution in [0.15, 0.2) is 41.3 Å². The molecule has 10 heteroatoms. The van der Waals surface area contributed by atoms with Gasteiger partial charge in [0.15, 0.2) is 0 Å². The van der Waals surface area contributed by atoms with Crippen molar-refractivity contribution in [2.45, 2.75) is 18.4 Å². The van der Waals surface area contributed by atoms with Gasteiger partial charge in [0, 0.05) is 30.1 Å². The zero-order chi connectivity index (χ0) is 20.3. The van der Waals surface area contributed by atoms with Crippen molar-refractivity contribution in [3.63, 3.8) is 0 Å². The summed E-state index contributed by atoms with van der Waals surface area (Å²) in [6, 6.07) is 9.50. The first-order chi connectivity index (χ1) is 13.3. The number of amides is 2. The summed E-state index contributed by atoms with van der Waals surface area (Å²) in [4.78, 5) is 27.0. The molecule has 0 bridgehead atoms. The predicted octanol–water partition coefficient (Wildman–Crippen LogP) is 2.18. The molecule has 3 rings (SSSR count). The molecule has 1 saturated heterocycles. The van der Waals surface area contributed by atoms with E-state index in [0.29, 0.717) is 23.0 Å². The summed E-state index contributed by atoms with van der Waals surface area (Å²) in [6.07, 6.45) is 0. The summed E-state index contributed by atoms with van der Waals surface area (Å²) < 4.78 is 27.2. The molecule has 2 aromatic rings. The number of nitrogens with zero attached hydrogens (tertiary/aromatic N) is 2. The van der Waals surface area contributed by atoms with Crippen LogP contribution < -0.4 is 5.32 Å². The molecule has 2 amide bonds. The molecule has 1 aromatic carbocycles. The number of carbonyl (C=O) groups is 2. The lowest BCUT2D eigenvalue weighted by molar-refractivity contribution is -0.122. The zero-order valence-electron chi connectivity index (χ0n) is 15.2. The van der Waals surface area contributed by atoms with Crippen molar-refractivity contribution in [1.29, 1.82) is 0 Å². The number of benzene rings is 1. The van der Waals surface area contributed by atoms with Gasteiger partial charge in [-0.2, -0.15) is 4.31 Å². The number of carbonyl (C=O) groups excluding carboxylic acids is 2. The summed E-state index contributed by atoms with van der Waals surface area (Å²) in [6.45, 7) is 3.14. The Bertz CT molecular complexity index is 973. The Morgan fingerprint density at radius 1 is 1.25 bits per heavy atom. The molecule has 2 heterocycles. The minimum atomic E-state index is -3.77. The zero-order valence-corrected chi connectivity index (χ0v) is 17.6. The highest BCUT2D eigenvalue weighted by atomic mass is 35.5. The summed E-state index contributed by atoms with van der Waals surface area (Å²) in [5, 5.41) is 2.60. The number of nitrogens with one attached hydrogen (secondary N) is 1. The van der Waals surface area contributed by atoms with Crippen LogP contribution in [0.3, 0.4) is 0 Å². The van der Waals surface area contributed by atoms with Gasteiger partial charge in [0.05, 0.1) is 22.3 Å². The van der Waals surface area contributed by atoms with Crippen molar-refractivity contribution in [2.24, 2.45) is 0 Å². The van der Waals surface area contributed by atoms with Gasteiger partial charge in [-0.25, -0.2) is 8.42 Å². The van der Waals surface area contributed by atoms with Crippen LogP contribution in [0.5, 0.6) is 0 Å². The van der Waals surface area contributed by atoms with Gasteiger partial charge in [0.25, 0.3) is 5.91 Å². The van der Waals surface area contributed by atoms with E-state index in [4.69, 9.17) is 11.6 Å². The molecule has 1 N–H and O–H groups in total. The monoisotopic (exact) mass is 441 g/mol. The van der Waals surface area contributed by atoms with Crippen LogP contribution in [0.1, 0.15) is 22.2 Å². The van der Waals surface area contributed by atoms with Crippen LogP contribution in [0.2, 0.25) is 4.34 Å². The normalized spacial score (nSPS) is 15.3. The number of piperazine rings is 1. The average Bonchev–Trinajstić information content (AvgIpc) is 3.10. The van der Waals surface area contributed by atoms with Crippen molar-refractivity contribution in [2.75, 3.05) is 26.2 Å². The molecule has 1 fully saturated rings. The van der Waals surface area contributed by atoms with Crippen LogP contribution >= 0.6 is 22.9 Å². The minimum Gasteiger partial charge on any atom is -0.354 e. The topological polar surface area (TPSA) is 86.8 Å². The molecular weight excluding hydrogens is 422 g/mol. The molecule has 1 aromatic heterocycles. The molecule has 0 saturated carbocycles. The maximum atomic E-state index is 12.8. The minimum absolute atomic E-state index is 0.0619. The first kappa shape index (κ1) is 20.8. The van der Waals surface area contributed by atoms with Gasteiger partial charge in [-0.3, -0.25) is 9.59 Å². The van der Waals surface area contributed by atoms with Gasteiger partial charge in [-0.05, 0) is 43.3 Å². The third-order valence-corrected chi connectivity index (χ3v) is 7.46. The molecule has 0 unspecified atom stereocenters.